The molecule has 0 saturated heterocycles. The highest BCUT2D eigenvalue weighted by molar-refractivity contribution is 5.42. The van der Waals surface area contributed by atoms with Crippen molar-refractivity contribution in [1.29, 1.82) is 0 Å². The summed E-state index contributed by atoms with van der Waals surface area (Å²) in [5, 5.41) is 3.34. The maximum absolute atomic E-state index is 3.34. The molecule has 1 N–H and O–H groups in total. The van der Waals surface area contributed by atoms with E-state index in [0.717, 1.165) is 18.7 Å². The molecule has 0 atom stereocenters. The standard InChI is InChI=1S/C16H17N/c1-3-9-15(10-4-1)11-7-8-14-17-16-12-5-2-6-13-16/h1-10,12-13,17H,11,14H2. The van der Waals surface area contributed by atoms with Gasteiger partial charge in [-0.15, -0.1) is 0 Å². The van der Waals surface area contributed by atoms with Gasteiger partial charge in [0.1, 0.15) is 0 Å². The first-order chi connectivity index (χ1) is 8.45. The molecule has 0 aromatic heterocycles. The van der Waals surface area contributed by atoms with Crippen molar-refractivity contribution in [2.24, 2.45) is 0 Å². The number of allylic oxidation sites excluding steroid dienone is 1. The Morgan fingerprint density at radius 2 is 1.41 bits per heavy atom. The van der Waals surface area contributed by atoms with Crippen molar-refractivity contribution < 1.29 is 0 Å². The molecule has 0 fully saturated rings. The summed E-state index contributed by atoms with van der Waals surface area (Å²) in [5.74, 6) is 0. The summed E-state index contributed by atoms with van der Waals surface area (Å²) in [4.78, 5) is 0. The molecule has 17 heavy (non-hydrogen) atoms. The van der Waals surface area contributed by atoms with Crippen molar-refractivity contribution in [1.82, 2.24) is 0 Å². The number of anilines is 1. The number of nitrogens with one attached hydrogen (secondary N) is 1. The topological polar surface area (TPSA) is 12.0 Å². The zero-order chi connectivity index (χ0) is 11.8. The van der Waals surface area contributed by atoms with Crippen LogP contribution in [0, 0.1) is 0 Å². The van der Waals surface area contributed by atoms with Crippen molar-refractivity contribution in [3.8, 4) is 0 Å². The number of para-hydroxylation sites is 1. The van der Waals surface area contributed by atoms with E-state index >= 15 is 0 Å². The monoisotopic (exact) mass is 223 g/mol. The molecule has 0 aliphatic carbocycles. The summed E-state index contributed by atoms with van der Waals surface area (Å²) in [6.07, 6.45) is 5.36. The van der Waals surface area contributed by atoms with E-state index in [-0.39, 0.29) is 0 Å². The fourth-order valence-electron chi connectivity index (χ4n) is 1.65. The van der Waals surface area contributed by atoms with Crippen LogP contribution in [0.15, 0.2) is 72.8 Å². The van der Waals surface area contributed by atoms with E-state index < -0.39 is 0 Å². The summed E-state index contributed by atoms with van der Waals surface area (Å²) in [6.45, 7) is 0.872. The highest BCUT2D eigenvalue weighted by Crippen LogP contribution is 2.04. The van der Waals surface area contributed by atoms with Gasteiger partial charge in [-0.05, 0) is 24.1 Å². The molecule has 1 nitrogen and oxygen atoms in total. The van der Waals surface area contributed by atoms with Crippen LogP contribution in [-0.4, -0.2) is 6.54 Å². The molecule has 2 rings (SSSR count). The highest BCUT2D eigenvalue weighted by atomic mass is 14.8. The fraction of sp³-hybridized carbons (Fsp3) is 0.125. The molecule has 0 heterocycles. The van der Waals surface area contributed by atoms with Crippen LogP contribution in [0.1, 0.15) is 5.56 Å². The van der Waals surface area contributed by atoms with E-state index in [1.165, 1.54) is 5.56 Å². The Morgan fingerprint density at radius 3 is 2.12 bits per heavy atom. The van der Waals surface area contributed by atoms with Gasteiger partial charge in [-0.2, -0.15) is 0 Å². The van der Waals surface area contributed by atoms with E-state index in [1.54, 1.807) is 0 Å². The van der Waals surface area contributed by atoms with Gasteiger partial charge in [0, 0.05) is 12.2 Å². The third-order valence-corrected chi connectivity index (χ3v) is 2.56. The third kappa shape index (κ3) is 4.15. The molecule has 0 saturated carbocycles. The maximum Gasteiger partial charge on any atom is 0.0342 e. The van der Waals surface area contributed by atoms with E-state index in [0.29, 0.717) is 0 Å². The number of hydrogen-bond acceptors (Lipinski definition) is 1. The van der Waals surface area contributed by atoms with Crippen molar-refractivity contribution in [2.45, 2.75) is 6.42 Å². The van der Waals surface area contributed by atoms with E-state index in [2.05, 4.69) is 53.9 Å². The Hall–Kier alpha value is -2.02. The summed E-state index contributed by atoms with van der Waals surface area (Å²) in [7, 11) is 0. The average molecular weight is 223 g/mol. The zero-order valence-corrected chi connectivity index (χ0v) is 9.84. The molecule has 0 radical (unpaired) electrons. The van der Waals surface area contributed by atoms with Gasteiger partial charge in [0.05, 0.1) is 0 Å². The second-order valence-corrected chi connectivity index (χ2v) is 3.91. The minimum absolute atomic E-state index is 0.872. The van der Waals surface area contributed by atoms with Crippen molar-refractivity contribution in [2.75, 3.05) is 11.9 Å². The zero-order valence-electron chi connectivity index (χ0n) is 9.84. The average Bonchev–Trinajstić information content (AvgIpc) is 2.41. The lowest BCUT2D eigenvalue weighted by Gasteiger charge is -2.01. The molecule has 0 amide bonds. The molecule has 1 heteroatoms. The van der Waals surface area contributed by atoms with Crippen LogP contribution in [0.5, 0.6) is 0 Å². The lowest BCUT2D eigenvalue weighted by molar-refractivity contribution is 1.23. The third-order valence-electron chi connectivity index (χ3n) is 2.56. The summed E-state index contributed by atoms with van der Waals surface area (Å²) >= 11 is 0. The SMILES string of the molecule is C(=CCc1ccccc1)CNc1ccccc1. The molecule has 86 valence electrons. The van der Waals surface area contributed by atoms with Crippen molar-refractivity contribution in [3.63, 3.8) is 0 Å². The summed E-state index contributed by atoms with van der Waals surface area (Å²) < 4.78 is 0. The van der Waals surface area contributed by atoms with Gasteiger partial charge in [-0.25, -0.2) is 0 Å². The maximum atomic E-state index is 3.34. The van der Waals surface area contributed by atoms with Crippen LogP contribution < -0.4 is 5.32 Å². The molecule has 0 unspecified atom stereocenters. The summed E-state index contributed by atoms with van der Waals surface area (Å²) in [6, 6.07) is 20.7. The molecular formula is C16H17N. The molecule has 0 aliphatic heterocycles. The normalized spacial score (nSPS) is 10.6. The van der Waals surface area contributed by atoms with Crippen molar-refractivity contribution in [3.05, 3.63) is 78.4 Å². The van der Waals surface area contributed by atoms with Gasteiger partial charge in [0.25, 0.3) is 0 Å². The van der Waals surface area contributed by atoms with Crippen LogP contribution in [0.2, 0.25) is 0 Å². The largest absolute Gasteiger partial charge is 0.382 e. The van der Waals surface area contributed by atoms with E-state index in [9.17, 15) is 0 Å². The lowest BCUT2D eigenvalue weighted by atomic mass is 10.1. The van der Waals surface area contributed by atoms with Gasteiger partial charge < -0.3 is 5.32 Å². The van der Waals surface area contributed by atoms with Gasteiger partial charge in [0.15, 0.2) is 0 Å². The quantitative estimate of drug-likeness (QED) is 0.758. The number of benzene rings is 2. The minimum Gasteiger partial charge on any atom is -0.382 e. The Kier molecular flexibility index (Phi) is 4.41. The first-order valence-corrected chi connectivity index (χ1v) is 5.93. The summed E-state index contributed by atoms with van der Waals surface area (Å²) in [5.41, 5.74) is 2.51. The Morgan fingerprint density at radius 1 is 0.765 bits per heavy atom. The second kappa shape index (κ2) is 6.54. The van der Waals surface area contributed by atoms with Gasteiger partial charge in [-0.1, -0.05) is 60.7 Å². The molecule has 0 aliphatic rings. The fourth-order valence-corrected chi connectivity index (χ4v) is 1.65. The molecular weight excluding hydrogens is 206 g/mol. The Labute approximate surface area is 103 Å². The number of rotatable bonds is 5. The Bertz CT molecular complexity index is 445. The first-order valence-electron chi connectivity index (χ1n) is 5.93. The van der Waals surface area contributed by atoms with Gasteiger partial charge in [0.2, 0.25) is 0 Å². The smallest absolute Gasteiger partial charge is 0.0342 e. The molecule has 2 aromatic rings. The van der Waals surface area contributed by atoms with Crippen LogP contribution >= 0.6 is 0 Å². The number of hydrogen-bond donors (Lipinski definition) is 1. The van der Waals surface area contributed by atoms with E-state index in [1.807, 2.05) is 24.3 Å². The van der Waals surface area contributed by atoms with Crippen LogP contribution in [0.3, 0.4) is 0 Å². The van der Waals surface area contributed by atoms with Crippen LogP contribution in [0.4, 0.5) is 5.69 Å². The van der Waals surface area contributed by atoms with Crippen LogP contribution in [-0.2, 0) is 6.42 Å². The van der Waals surface area contributed by atoms with Crippen molar-refractivity contribution >= 4 is 5.69 Å². The van der Waals surface area contributed by atoms with Gasteiger partial charge in [-0.3, -0.25) is 0 Å². The first kappa shape index (κ1) is 11.5. The molecule has 0 spiro atoms. The minimum atomic E-state index is 0.872. The second-order valence-electron chi connectivity index (χ2n) is 3.91. The Balaban J connectivity index is 1.72. The predicted molar refractivity (Wildman–Crippen MR) is 74.2 cm³/mol. The highest BCUT2D eigenvalue weighted by Gasteiger charge is 1.87. The molecule has 0 bridgehead atoms. The van der Waals surface area contributed by atoms with Crippen LogP contribution in [0.25, 0.3) is 0 Å². The lowest BCUT2D eigenvalue weighted by Crippen LogP contribution is -1.97. The predicted octanol–water partition coefficient (Wildman–Crippen LogP) is 3.90. The van der Waals surface area contributed by atoms with Gasteiger partial charge >= 0.3 is 0 Å². The van der Waals surface area contributed by atoms with E-state index in [4.69, 9.17) is 0 Å². The molecule has 2 aromatic carbocycles.